The number of hydrogen-bond acceptors (Lipinski definition) is 9. The van der Waals surface area contributed by atoms with Gasteiger partial charge in [-0.25, -0.2) is 4.39 Å². The molecule has 0 spiro atoms. The van der Waals surface area contributed by atoms with Crippen LogP contribution in [0.5, 0.6) is 0 Å². The number of hydrogen-bond donors (Lipinski definition) is 1. The molecule has 0 aliphatic heterocycles. The summed E-state index contributed by atoms with van der Waals surface area (Å²) in [6, 6.07) is 7.98. The Labute approximate surface area is 183 Å². The van der Waals surface area contributed by atoms with Crippen molar-refractivity contribution in [3.63, 3.8) is 0 Å². The summed E-state index contributed by atoms with van der Waals surface area (Å²) in [5, 5.41) is 33.2. The summed E-state index contributed by atoms with van der Waals surface area (Å²) < 4.78 is 17.0. The second-order valence-electron chi connectivity index (χ2n) is 6.52. The predicted molar refractivity (Wildman–Crippen MR) is 110 cm³/mol. The lowest BCUT2D eigenvalue weighted by Crippen LogP contribution is -2.13. The third-order valence-electron chi connectivity index (χ3n) is 4.35. The summed E-state index contributed by atoms with van der Waals surface area (Å²) in [4.78, 5) is 24.0. The van der Waals surface area contributed by atoms with Gasteiger partial charge >= 0.3 is 0 Å². The highest BCUT2D eigenvalue weighted by atomic mass is 32.2. The smallest absolute Gasteiger partial charge is 0.284 e. The zero-order valence-corrected chi connectivity index (χ0v) is 17.4. The molecule has 1 amide bonds. The van der Waals surface area contributed by atoms with E-state index >= 15 is 0 Å². The van der Waals surface area contributed by atoms with Crippen LogP contribution in [0.15, 0.2) is 52.8 Å². The van der Waals surface area contributed by atoms with E-state index in [1.807, 2.05) is 0 Å². The van der Waals surface area contributed by atoms with Gasteiger partial charge in [0.2, 0.25) is 0 Å². The Balaban J connectivity index is 1.60. The van der Waals surface area contributed by atoms with E-state index in [-0.39, 0.29) is 22.6 Å². The fourth-order valence-corrected chi connectivity index (χ4v) is 3.61. The lowest BCUT2D eigenvalue weighted by atomic mass is 10.1. The van der Waals surface area contributed by atoms with Gasteiger partial charge in [0.1, 0.15) is 17.8 Å². The third kappa shape index (κ3) is 4.15. The molecule has 4 aromatic rings. The van der Waals surface area contributed by atoms with Crippen LogP contribution >= 0.6 is 11.8 Å². The van der Waals surface area contributed by atoms with E-state index < -0.39 is 16.6 Å². The number of carbonyl (C=O) groups is 1. The molecule has 162 valence electrons. The molecule has 12 nitrogen and oxygen atoms in total. The van der Waals surface area contributed by atoms with Crippen molar-refractivity contribution in [2.75, 3.05) is 5.32 Å². The number of anilines is 1. The Hall–Kier alpha value is -4.20. The number of benzene rings is 2. The Morgan fingerprint density at radius 1 is 1.22 bits per heavy atom. The van der Waals surface area contributed by atoms with E-state index in [1.165, 1.54) is 41.3 Å². The predicted octanol–water partition coefficient (Wildman–Crippen LogP) is 2.55. The van der Waals surface area contributed by atoms with Crippen LogP contribution in [0, 0.1) is 22.9 Å². The molecule has 0 radical (unpaired) electrons. The number of tetrazole rings is 1. The standard InChI is InChI=1S/C18H14FN9O3S/c1-10-22-24-25-27(10)14-8-12(4-5-13(14)19)21-17(29)11-3-6-16(15(7-11)28(30)31)32-18-23-20-9-26(18)2/h3-9H,1-2H3,(H,21,29). The van der Waals surface area contributed by atoms with Crippen LogP contribution in [0.3, 0.4) is 0 Å². The first kappa shape index (κ1) is 21.0. The van der Waals surface area contributed by atoms with Gasteiger partial charge < -0.3 is 9.88 Å². The second kappa shape index (κ2) is 8.50. The van der Waals surface area contributed by atoms with Crippen molar-refractivity contribution < 1.29 is 14.1 Å². The lowest BCUT2D eigenvalue weighted by molar-refractivity contribution is -0.387. The van der Waals surface area contributed by atoms with Gasteiger partial charge in [0.25, 0.3) is 11.6 Å². The Morgan fingerprint density at radius 2 is 2.03 bits per heavy atom. The number of nitro groups is 1. The average Bonchev–Trinajstić information content (AvgIpc) is 3.37. The number of aryl methyl sites for hydroxylation is 2. The molecule has 0 aliphatic rings. The maximum Gasteiger partial charge on any atom is 0.284 e. The molecular weight excluding hydrogens is 441 g/mol. The molecule has 14 heteroatoms. The molecule has 32 heavy (non-hydrogen) atoms. The van der Waals surface area contributed by atoms with E-state index in [0.29, 0.717) is 15.9 Å². The normalized spacial score (nSPS) is 10.8. The fourth-order valence-electron chi connectivity index (χ4n) is 2.76. The zero-order valence-electron chi connectivity index (χ0n) is 16.6. The van der Waals surface area contributed by atoms with E-state index in [4.69, 9.17) is 0 Å². The van der Waals surface area contributed by atoms with Crippen LogP contribution in [0.1, 0.15) is 16.2 Å². The maximum atomic E-state index is 14.2. The maximum absolute atomic E-state index is 14.2. The molecule has 2 aromatic carbocycles. The molecule has 0 saturated heterocycles. The first-order valence-corrected chi connectivity index (χ1v) is 9.81. The van der Waals surface area contributed by atoms with Crippen molar-refractivity contribution in [2.24, 2.45) is 7.05 Å². The van der Waals surface area contributed by atoms with Gasteiger partial charge in [0, 0.05) is 24.4 Å². The summed E-state index contributed by atoms with van der Waals surface area (Å²) in [6.07, 6.45) is 1.48. The molecule has 0 aliphatic carbocycles. The molecule has 0 saturated carbocycles. The van der Waals surface area contributed by atoms with Gasteiger partial charge in [0.15, 0.2) is 11.0 Å². The number of carbonyl (C=O) groups excluding carboxylic acids is 1. The summed E-state index contributed by atoms with van der Waals surface area (Å²) >= 11 is 1.06. The van der Waals surface area contributed by atoms with Crippen LogP contribution in [0.4, 0.5) is 15.8 Å². The van der Waals surface area contributed by atoms with Gasteiger partial charge in [-0.3, -0.25) is 14.9 Å². The summed E-state index contributed by atoms with van der Waals surface area (Å²) in [5.41, 5.74) is 0.117. The minimum absolute atomic E-state index is 0.0479. The minimum atomic E-state index is -0.602. The molecule has 0 fully saturated rings. The van der Waals surface area contributed by atoms with Crippen LogP contribution < -0.4 is 5.32 Å². The van der Waals surface area contributed by atoms with E-state index in [9.17, 15) is 19.3 Å². The number of nitro benzene ring substituents is 1. The average molecular weight is 455 g/mol. The highest BCUT2D eigenvalue weighted by molar-refractivity contribution is 7.99. The monoisotopic (exact) mass is 455 g/mol. The molecule has 1 N–H and O–H groups in total. The van der Waals surface area contributed by atoms with Gasteiger partial charge in [-0.2, -0.15) is 4.68 Å². The molecular formula is C18H14FN9O3S. The molecule has 0 bridgehead atoms. The van der Waals surface area contributed by atoms with Crippen molar-refractivity contribution in [1.82, 2.24) is 35.0 Å². The Morgan fingerprint density at radius 3 is 2.69 bits per heavy atom. The number of nitrogens with zero attached hydrogens (tertiary/aromatic N) is 8. The lowest BCUT2D eigenvalue weighted by Gasteiger charge is -2.10. The third-order valence-corrected chi connectivity index (χ3v) is 5.46. The van der Waals surface area contributed by atoms with Crippen molar-refractivity contribution in [1.29, 1.82) is 0 Å². The van der Waals surface area contributed by atoms with Crippen molar-refractivity contribution >= 4 is 29.0 Å². The van der Waals surface area contributed by atoms with Crippen molar-refractivity contribution in [3.05, 3.63) is 70.0 Å². The zero-order chi connectivity index (χ0) is 22.8. The minimum Gasteiger partial charge on any atom is -0.322 e. The van der Waals surface area contributed by atoms with Crippen LogP contribution in [-0.4, -0.2) is 45.8 Å². The SMILES string of the molecule is Cc1nnnn1-c1cc(NC(=O)c2ccc(Sc3nncn3C)c([N+](=O)[O-])c2)ccc1F. The Kier molecular flexibility index (Phi) is 5.59. The largest absolute Gasteiger partial charge is 0.322 e. The van der Waals surface area contributed by atoms with Crippen LogP contribution in [-0.2, 0) is 7.05 Å². The number of amides is 1. The highest BCUT2D eigenvalue weighted by Crippen LogP contribution is 2.34. The van der Waals surface area contributed by atoms with Crippen molar-refractivity contribution in [3.8, 4) is 5.69 Å². The van der Waals surface area contributed by atoms with Gasteiger partial charge in [-0.15, -0.1) is 15.3 Å². The number of halogens is 1. The second-order valence-corrected chi connectivity index (χ2v) is 7.53. The van der Waals surface area contributed by atoms with E-state index in [0.717, 1.165) is 17.8 Å². The fraction of sp³-hybridized carbons (Fsp3) is 0.111. The topological polar surface area (TPSA) is 147 Å². The van der Waals surface area contributed by atoms with Gasteiger partial charge in [0.05, 0.1) is 9.82 Å². The number of nitrogens with one attached hydrogen (secondary N) is 1. The molecule has 0 atom stereocenters. The summed E-state index contributed by atoms with van der Waals surface area (Å²) in [6.45, 7) is 1.60. The molecule has 2 heterocycles. The Bertz CT molecular complexity index is 1340. The van der Waals surface area contributed by atoms with E-state index in [2.05, 4.69) is 31.0 Å². The number of rotatable bonds is 6. The van der Waals surface area contributed by atoms with Gasteiger partial charge in [-0.05, 0) is 59.4 Å². The first-order valence-electron chi connectivity index (χ1n) is 9.00. The van der Waals surface area contributed by atoms with Gasteiger partial charge in [-0.1, -0.05) is 0 Å². The highest BCUT2D eigenvalue weighted by Gasteiger charge is 2.20. The van der Waals surface area contributed by atoms with Crippen LogP contribution in [0.25, 0.3) is 5.69 Å². The molecule has 4 rings (SSSR count). The summed E-state index contributed by atoms with van der Waals surface area (Å²) in [5.74, 6) is -0.826. The quantitative estimate of drug-likeness (QED) is 0.342. The van der Waals surface area contributed by atoms with E-state index in [1.54, 1.807) is 18.5 Å². The summed E-state index contributed by atoms with van der Waals surface area (Å²) in [7, 11) is 1.71. The van der Waals surface area contributed by atoms with Crippen LogP contribution in [0.2, 0.25) is 0 Å². The first-order chi connectivity index (χ1) is 15.3. The number of aromatic nitrogens is 7. The van der Waals surface area contributed by atoms with Crippen molar-refractivity contribution in [2.45, 2.75) is 17.0 Å². The molecule has 0 unspecified atom stereocenters. The molecule has 2 aromatic heterocycles.